The molecule has 1 aliphatic heterocycles. The Balaban J connectivity index is 0.00000200. The summed E-state index contributed by atoms with van der Waals surface area (Å²) in [7, 11) is 0. The third kappa shape index (κ3) is 5.23. The van der Waals surface area contributed by atoms with E-state index in [0.717, 1.165) is 17.4 Å². The van der Waals surface area contributed by atoms with Crippen molar-refractivity contribution in [1.82, 2.24) is 10.6 Å². The highest BCUT2D eigenvalue weighted by molar-refractivity contribution is 7.99. The quantitative estimate of drug-likeness (QED) is 0.872. The molecule has 1 fully saturated rings. The summed E-state index contributed by atoms with van der Waals surface area (Å²) in [4.78, 5) is 11.8. The number of benzene rings is 1. The van der Waals surface area contributed by atoms with Crippen molar-refractivity contribution >= 4 is 30.1 Å². The number of hydrogen-bond donors (Lipinski definition) is 2. The topological polar surface area (TPSA) is 50.4 Å². The molecule has 0 radical (unpaired) electrons. The molecular formula is C14H21ClN2O2S. The molecule has 2 atom stereocenters. The van der Waals surface area contributed by atoms with Gasteiger partial charge in [-0.2, -0.15) is 0 Å². The lowest BCUT2D eigenvalue weighted by molar-refractivity contribution is -0.122. The fourth-order valence-corrected chi connectivity index (χ4v) is 2.84. The summed E-state index contributed by atoms with van der Waals surface area (Å²) < 4.78 is 5.77. The van der Waals surface area contributed by atoms with E-state index in [-0.39, 0.29) is 30.5 Å². The number of aryl methyl sites for hydroxylation is 1. The second-order valence-corrected chi connectivity index (χ2v) is 5.79. The number of nitrogens with one attached hydrogen (secondary N) is 2. The molecule has 2 N–H and O–H groups in total. The van der Waals surface area contributed by atoms with E-state index in [1.807, 2.05) is 38.1 Å². The van der Waals surface area contributed by atoms with E-state index in [9.17, 15) is 4.79 Å². The van der Waals surface area contributed by atoms with E-state index in [4.69, 9.17) is 4.74 Å². The molecular weight excluding hydrogens is 296 g/mol. The maximum atomic E-state index is 11.8. The van der Waals surface area contributed by atoms with Crippen LogP contribution in [0.5, 0.6) is 5.75 Å². The molecule has 0 aliphatic carbocycles. The average molecular weight is 317 g/mol. The Morgan fingerprint density at radius 1 is 1.60 bits per heavy atom. The highest BCUT2D eigenvalue weighted by Crippen LogP contribution is 2.14. The van der Waals surface area contributed by atoms with Gasteiger partial charge in [-0.15, -0.1) is 24.2 Å². The summed E-state index contributed by atoms with van der Waals surface area (Å²) in [5.74, 6) is 2.60. The first-order chi connectivity index (χ1) is 9.15. The van der Waals surface area contributed by atoms with Gasteiger partial charge in [0.1, 0.15) is 11.9 Å². The van der Waals surface area contributed by atoms with Crippen molar-refractivity contribution < 1.29 is 9.53 Å². The van der Waals surface area contributed by atoms with Crippen LogP contribution in [0.2, 0.25) is 0 Å². The standard InChI is InChI=1S/C14H20N2O2S.ClH/c1-10-4-3-5-12(6-10)18-11(2)7-15-14(17)13-8-19-9-16-13;/h3-6,11,13,16H,7-9H2,1-2H3,(H,15,17);1H. The van der Waals surface area contributed by atoms with E-state index in [1.165, 1.54) is 5.56 Å². The number of rotatable bonds is 5. The van der Waals surface area contributed by atoms with Gasteiger partial charge in [0.05, 0.1) is 12.6 Å². The molecule has 1 saturated heterocycles. The predicted octanol–water partition coefficient (Wildman–Crippen LogP) is 1.96. The van der Waals surface area contributed by atoms with Crippen molar-refractivity contribution in [3.8, 4) is 5.75 Å². The summed E-state index contributed by atoms with van der Waals surface area (Å²) in [6, 6.07) is 7.86. The van der Waals surface area contributed by atoms with Crippen LogP contribution in [0.4, 0.5) is 0 Å². The molecule has 112 valence electrons. The van der Waals surface area contributed by atoms with Gasteiger partial charge in [-0.3, -0.25) is 10.1 Å². The first-order valence-corrected chi connectivity index (χ1v) is 7.63. The van der Waals surface area contributed by atoms with Crippen molar-refractivity contribution in [2.75, 3.05) is 18.2 Å². The van der Waals surface area contributed by atoms with Gasteiger partial charge in [0, 0.05) is 11.6 Å². The van der Waals surface area contributed by atoms with Gasteiger partial charge >= 0.3 is 0 Å². The summed E-state index contributed by atoms with van der Waals surface area (Å²) in [6.45, 7) is 4.51. The lowest BCUT2D eigenvalue weighted by Gasteiger charge is -2.17. The van der Waals surface area contributed by atoms with Gasteiger partial charge < -0.3 is 10.1 Å². The minimum Gasteiger partial charge on any atom is -0.489 e. The first-order valence-electron chi connectivity index (χ1n) is 6.47. The zero-order valence-corrected chi connectivity index (χ0v) is 13.4. The fraction of sp³-hybridized carbons (Fsp3) is 0.500. The van der Waals surface area contributed by atoms with Crippen LogP contribution in [0.1, 0.15) is 12.5 Å². The third-order valence-electron chi connectivity index (χ3n) is 2.92. The number of halogens is 1. The Morgan fingerprint density at radius 2 is 2.40 bits per heavy atom. The average Bonchev–Trinajstić information content (AvgIpc) is 2.90. The van der Waals surface area contributed by atoms with Crippen LogP contribution in [0, 0.1) is 6.92 Å². The van der Waals surface area contributed by atoms with E-state index in [2.05, 4.69) is 10.6 Å². The molecule has 1 aromatic carbocycles. The molecule has 0 saturated carbocycles. The SMILES string of the molecule is Cc1cccc(OC(C)CNC(=O)C2CSCN2)c1.Cl. The molecule has 20 heavy (non-hydrogen) atoms. The van der Waals surface area contributed by atoms with E-state index >= 15 is 0 Å². The van der Waals surface area contributed by atoms with Crippen molar-refractivity contribution in [2.45, 2.75) is 26.0 Å². The molecule has 0 aromatic heterocycles. The van der Waals surface area contributed by atoms with Gasteiger partial charge in [0.15, 0.2) is 0 Å². The van der Waals surface area contributed by atoms with Gasteiger partial charge in [-0.25, -0.2) is 0 Å². The van der Waals surface area contributed by atoms with E-state index in [0.29, 0.717) is 6.54 Å². The molecule has 0 spiro atoms. The number of amides is 1. The van der Waals surface area contributed by atoms with Crippen LogP contribution in [-0.2, 0) is 4.79 Å². The van der Waals surface area contributed by atoms with E-state index < -0.39 is 0 Å². The highest BCUT2D eigenvalue weighted by Gasteiger charge is 2.22. The Labute approximate surface area is 130 Å². The van der Waals surface area contributed by atoms with Crippen LogP contribution >= 0.6 is 24.2 Å². The Hall–Kier alpha value is -0.910. The number of thioether (sulfide) groups is 1. The summed E-state index contributed by atoms with van der Waals surface area (Å²) in [6.07, 6.45) is -0.0418. The van der Waals surface area contributed by atoms with Gasteiger partial charge in [-0.05, 0) is 31.5 Å². The summed E-state index contributed by atoms with van der Waals surface area (Å²) in [5, 5.41) is 6.07. The molecule has 1 aromatic rings. The second-order valence-electron chi connectivity index (χ2n) is 4.76. The monoisotopic (exact) mass is 316 g/mol. The fourth-order valence-electron chi connectivity index (χ4n) is 1.89. The summed E-state index contributed by atoms with van der Waals surface area (Å²) in [5.41, 5.74) is 1.17. The van der Waals surface area contributed by atoms with Gasteiger partial charge in [-0.1, -0.05) is 12.1 Å². The maximum absolute atomic E-state index is 11.8. The number of ether oxygens (including phenoxy) is 1. The molecule has 0 bridgehead atoms. The first kappa shape index (κ1) is 17.1. The lowest BCUT2D eigenvalue weighted by Crippen LogP contribution is -2.44. The largest absolute Gasteiger partial charge is 0.489 e. The lowest BCUT2D eigenvalue weighted by atomic mass is 10.2. The van der Waals surface area contributed by atoms with Crippen LogP contribution in [0.3, 0.4) is 0 Å². The predicted molar refractivity (Wildman–Crippen MR) is 85.8 cm³/mol. The number of carbonyl (C=O) groups excluding carboxylic acids is 1. The van der Waals surface area contributed by atoms with Crippen molar-refractivity contribution in [1.29, 1.82) is 0 Å². The molecule has 2 rings (SSSR count). The van der Waals surface area contributed by atoms with Crippen LogP contribution in [-0.4, -0.2) is 36.2 Å². The number of hydrogen-bond acceptors (Lipinski definition) is 4. The van der Waals surface area contributed by atoms with Crippen molar-refractivity contribution in [3.63, 3.8) is 0 Å². The third-order valence-corrected chi connectivity index (χ3v) is 3.86. The Morgan fingerprint density at radius 3 is 3.05 bits per heavy atom. The zero-order valence-electron chi connectivity index (χ0n) is 11.7. The van der Waals surface area contributed by atoms with Crippen LogP contribution < -0.4 is 15.4 Å². The smallest absolute Gasteiger partial charge is 0.238 e. The Kier molecular flexibility index (Phi) is 7.19. The van der Waals surface area contributed by atoms with Gasteiger partial charge in [0.25, 0.3) is 0 Å². The van der Waals surface area contributed by atoms with Gasteiger partial charge in [0.2, 0.25) is 5.91 Å². The van der Waals surface area contributed by atoms with E-state index in [1.54, 1.807) is 11.8 Å². The van der Waals surface area contributed by atoms with Crippen LogP contribution in [0.15, 0.2) is 24.3 Å². The van der Waals surface area contributed by atoms with Crippen molar-refractivity contribution in [2.24, 2.45) is 0 Å². The Bertz CT molecular complexity index is 439. The molecule has 1 aliphatic rings. The van der Waals surface area contributed by atoms with Crippen LogP contribution in [0.25, 0.3) is 0 Å². The summed E-state index contributed by atoms with van der Waals surface area (Å²) >= 11 is 1.75. The zero-order chi connectivity index (χ0) is 13.7. The minimum absolute atomic E-state index is 0. The maximum Gasteiger partial charge on any atom is 0.238 e. The normalized spacial score (nSPS) is 19.0. The molecule has 4 nitrogen and oxygen atoms in total. The highest BCUT2D eigenvalue weighted by atomic mass is 35.5. The molecule has 6 heteroatoms. The molecule has 2 unspecified atom stereocenters. The molecule has 1 amide bonds. The van der Waals surface area contributed by atoms with Crippen molar-refractivity contribution in [3.05, 3.63) is 29.8 Å². The minimum atomic E-state index is -0.0591. The molecule has 1 heterocycles. The second kappa shape index (κ2) is 8.39. The number of carbonyl (C=O) groups is 1.